The van der Waals surface area contributed by atoms with E-state index < -0.39 is 6.43 Å². The van der Waals surface area contributed by atoms with Crippen LogP contribution in [0.15, 0.2) is 12.2 Å². The van der Waals surface area contributed by atoms with E-state index >= 15 is 0 Å². The Hall–Kier alpha value is -0.480. The highest BCUT2D eigenvalue weighted by molar-refractivity contribution is 4.98. The molecule has 66 valence electrons. The minimum Gasteiger partial charge on any atom is -0.327 e. The maximum atomic E-state index is 11.7. The third-order valence-corrected chi connectivity index (χ3v) is 1.23. The molecule has 0 aliphatic heterocycles. The van der Waals surface area contributed by atoms with E-state index in [0.29, 0.717) is 13.1 Å². The number of likely N-dealkylation sites (N-methyl/N-ethyl adjacent to an activating group) is 1. The van der Waals surface area contributed by atoms with Crippen molar-refractivity contribution in [2.45, 2.75) is 6.43 Å². The van der Waals surface area contributed by atoms with Crippen LogP contribution >= 0.6 is 0 Å². The highest BCUT2D eigenvalue weighted by Gasteiger charge is 2.07. The van der Waals surface area contributed by atoms with E-state index in [1.807, 2.05) is 0 Å². The van der Waals surface area contributed by atoms with Gasteiger partial charge >= 0.3 is 0 Å². The normalized spacial score (nSPS) is 11.1. The Balaban J connectivity index is 3.51. The molecule has 0 aromatic carbocycles. The second kappa shape index (κ2) is 5.21. The Morgan fingerprint density at radius 2 is 2.18 bits per heavy atom. The van der Waals surface area contributed by atoms with Crippen LogP contribution in [0.1, 0.15) is 0 Å². The lowest BCUT2D eigenvalue weighted by molar-refractivity contribution is 0.104. The maximum Gasteiger partial charge on any atom is 0.251 e. The standard InChI is InChI=1S/C7H14F2N2/c1-6(3-10)4-11(2)5-7(8)9/h7H,1,3-5,10H2,2H3. The van der Waals surface area contributed by atoms with Gasteiger partial charge in [0.05, 0.1) is 6.54 Å². The molecule has 11 heavy (non-hydrogen) atoms. The molecular weight excluding hydrogens is 150 g/mol. The van der Waals surface area contributed by atoms with Gasteiger partial charge in [-0.05, 0) is 12.6 Å². The summed E-state index contributed by atoms with van der Waals surface area (Å²) in [6.07, 6.45) is -2.29. The summed E-state index contributed by atoms with van der Waals surface area (Å²) in [6.45, 7) is 4.19. The van der Waals surface area contributed by atoms with Crippen LogP contribution in [0.2, 0.25) is 0 Å². The van der Waals surface area contributed by atoms with Gasteiger partial charge in [0.1, 0.15) is 0 Å². The first-order valence-electron chi connectivity index (χ1n) is 3.39. The minimum atomic E-state index is -2.29. The molecule has 0 aromatic heterocycles. The Morgan fingerprint density at radius 1 is 1.64 bits per heavy atom. The summed E-state index contributed by atoms with van der Waals surface area (Å²) < 4.78 is 23.5. The van der Waals surface area contributed by atoms with Crippen molar-refractivity contribution in [3.05, 3.63) is 12.2 Å². The molecule has 0 aliphatic rings. The molecule has 0 amide bonds. The van der Waals surface area contributed by atoms with Crippen LogP contribution in [0.25, 0.3) is 0 Å². The third kappa shape index (κ3) is 5.94. The predicted octanol–water partition coefficient (Wildman–Crippen LogP) is 0.698. The molecule has 0 fully saturated rings. The van der Waals surface area contributed by atoms with Gasteiger partial charge in [0, 0.05) is 13.1 Å². The molecule has 0 saturated heterocycles. The molecule has 0 heterocycles. The van der Waals surface area contributed by atoms with E-state index in [4.69, 9.17) is 5.73 Å². The average Bonchev–Trinajstić information content (AvgIpc) is 1.85. The number of nitrogens with zero attached hydrogens (tertiary/aromatic N) is 1. The molecule has 0 bridgehead atoms. The van der Waals surface area contributed by atoms with E-state index in [0.717, 1.165) is 5.57 Å². The molecule has 2 nitrogen and oxygen atoms in total. The number of nitrogens with two attached hydrogens (primary N) is 1. The van der Waals surface area contributed by atoms with Gasteiger partial charge in [0.2, 0.25) is 0 Å². The van der Waals surface area contributed by atoms with Gasteiger partial charge in [-0.3, -0.25) is 4.90 Å². The summed E-state index contributed by atoms with van der Waals surface area (Å²) >= 11 is 0. The average molecular weight is 164 g/mol. The van der Waals surface area contributed by atoms with Crippen LogP contribution in [0.4, 0.5) is 8.78 Å². The fourth-order valence-electron chi connectivity index (χ4n) is 0.746. The Kier molecular flexibility index (Phi) is 4.98. The number of hydrogen-bond donors (Lipinski definition) is 1. The molecule has 0 aliphatic carbocycles. The van der Waals surface area contributed by atoms with Crippen molar-refractivity contribution in [1.29, 1.82) is 0 Å². The first kappa shape index (κ1) is 10.5. The van der Waals surface area contributed by atoms with Gasteiger partial charge in [-0.1, -0.05) is 6.58 Å². The minimum absolute atomic E-state index is 0.223. The second-order valence-corrected chi connectivity index (χ2v) is 2.54. The zero-order valence-corrected chi connectivity index (χ0v) is 6.69. The van der Waals surface area contributed by atoms with E-state index in [1.165, 1.54) is 4.90 Å². The lowest BCUT2D eigenvalue weighted by Crippen LogP contribution is -2.28. The topological polar surface area (TPSA) is 29.3 Å². The monoisotopic (exact) mass is 164 g/mol. The van der Waals surface area contributed by atoms with Crippen LogP contribution < -0.4 is 5.73 Å². The van der Waals surface area contributed by atoms with Crippen molar-refractivity contribution in [1.82, 2.24) is 4.90 Å². The molecule has 0 saturated carbocycles. The van der Waals surface area contributed by atoms with E-state index in [1.54, 1.807) is 7.05 Å². The van der Waals surface area contributed by atoms with Crippen molar-refractivity contribution in [2.75, 3.05) is 26.7 Å². The van der Waals surface area contributed by atoms with Crippen LogP contribution in [0, 0.1) is 0 Å². The quantitative estimate of drug-likeness (QED) is 0.606. The zero-order valence-electron chi connectivity index (χ0n) is 6.69. The molecule has 0 radical (unpaired) electrons. The largest absolute Gasteiger partial charge is 0.327 e. The molecular formula is C7H14F2N2. The summed E-state index contributed by atoms with van der Waals surface area (Å²) in [5, 5.41) is 0. The lowest BCUT2D eigenvalue weighted by Gasteiger charge is -2.16. The van der Waals surface area contributed by atoms with E-state index in [2.05, 4.69) is 6.58 Å². The van der Waals surface area contributed by atoms with Gasteiger partial charge in [-0.15, -0.1) is 0 Å². The van der Waals surface area contributed by atoms with Gasteiger partial charge in [-0.25, -0.2) is 8.78 Å². The third-order valence-electron chi connectivity index (χ3n) is 1.23. The zero-order chi connectivity index (χ0) is 8.85. The highest BCUT2D eigenvalue weighted by Crippen LogP contribution is 1.97. The fourth-order valence-corrected chi connectivity index (χ4v) is 0.746. The van der Waals surface area contributed by atoms with Crippen molar-refractivity contribution < 1.29 is 8.78 Å². The Bertz CT molecular complexity index is 126. The molecule has 0 unspecified atom stereocenters. The summed E-state index contributed by atoms with van der Waals surface area (Å²) in [5.41, 5.74) is 6.01. The first-order chi connectivity index (χ1) is 5.06. The van der Waals surface area contributed by atoms with Crippen molar-refractivity contribution in [2.24, 2.45) is 5.73 Å². The summed E-state index contributed by atoms with van der Waals surface area (Å²) in [4.78, 5) is 1.50. The SMILES string of the molecule is C=C(CN)CN(C)CC(F)F. The lowest BCUT2D eigenvalue weighted by atomic mass is 10.3. The van der Waals surface area contributed by atoms with Crippen LogP contribution in [-0.2, 0) is 0 Å². The van der Waals surface area contributed by atoms with Crippen molar-refractivity contribution >= 4 is 0 Å². The number of alkyl halides is 2. The summed E-state index contributed by atoms with van der Waals surface area (Å²) in [6, 6.07) is 0. The van der Waals surface area contributed by atoms with Crippen LogP contribution in [-0.4, -0.2) is 38.0 Å². The first-order valence-corrected chi connectivity index (χ1v) is 3.39. The van der Waals surface area contributed by atoms with Gasteiger partial charge in [-0.2, -0.15) is 0 Å². The summed E-state index contributed by atoms with van der Waals surface area (Å²) in [7, 11) is 1.62. The van der Waals surface area contributed by atoms with Gasteiger partial charge < -0.3 is 5.73 Å². The van der Waals surface area contributed by atoms with Crippen LogP contribution in [0.3, 0.4) is 0 Å². The van der Waals surface area contributed by atoms with Crippen molar-refractivity contribution in [3.8, 4) is 0 Å². The molecule has 0 aromatic rings. The predicted molar refractivity (Wildman–Crippen MR) is 41.7 cm³/mol. The Labute approximate surface area is 65.7 Å². The second-order valence-electron chi connectivity index (χ2n) is 2.54. The fraction of sp³-hybridized carbons (Fsp3) is 0.714. The number of halogens is 2. The number of rotatable bonds is 5. The number of hydrogen-bond acceptors (Lipinski definition) is 2. The highest BCUT2D eigenvalue weighted by atomic mass is 19.3. The molecule has 0 atom stereocenters. The van der Waals surface area contributed by atoms with Crippen molar-refractivity contribution in [3.63, 3.8) is 0 Å². The summed E-state index contributed by atoms with van der Waals surface area (Å²) in [5.74, 6) is 0. The van der Waals surface area contributed by atoms with Gasteiger partial charge in [0.25, 0.3) is 6.43 Å². The Morgan fingerprint density at radius 3 is 2.55 bits per heavy atom. The van der Waals surface area contributed by atoms with Gasteiger partial charge in [0.15, 0.2) is 0 Å². The maximum absolute atomic E-state index is 11.7. The van der Waals surface area contributed by atoms with Crippen LogP contribution in [0.5, 0.6) is 0 Å². The molecule has 2 N–H and O–H groups in total. The molecule has 4 heteroatoms. The van der Waals surface area contributed by atoms with E-state index in [-0.39, 0.29) is 6.54 Å². The molecule has 0 spiro atoms. The molecule has 0 rings (SSSR count). The van der Waals surface area contributed by atoms with E-state index in [9.17, 15) is 8.78 Å². The smallest absolute Gasteiger partial charge is 0.251 e.